The quantitative estimate of drug-likeness (QED) is 0.769. The number of ether oxygens (including phenoxy) is 2. The summed E-state index contributed by atoms with van der Waals surface area (Å²) < 4.78 is 15.6. The average Bonchev–Trinajstić information content (AvgIpc) is 3.14. The number of nitrogens with zero attached hydrogens (tertiary/aromatic N) is 2. The molecule has 0 atom stereocenters. The van der Waals surface area contributed by atoms with E-state index in [9.17, 15) is 4.79 Å². The van der Waals surface area contributed by atoms with E-state index in [1.165, 1.54) is 6.42 Å². The monoisotopic (exact) mass is 374 g/mol. The summed E-state index contributed by atoms with van der Waals surface area (Å²) in [4.78, 5) is 16.9. The van der Waals surface area contributed by atoms with Gasteiger partial charge in [-0.15, -0.1) is 0 Å². The number of carbonyl (C=O) groups excluding carboxylic acids is 1. The zero-order valence-electron chi connectivity index (χ0n) is 16.0. The molecule has 1 amide bonds. The maximum Gasteiger partial charge on any atom is 0.238 e. The van der Waals surface area contributed by atoms with E-state index >= 15 is 0 Å². The van der Waals surface area contributed by atoms with Crippen LogP contribution in [0, 0.1) is 6.92 Å². The molecule has 1 fully saturated rings. The van der Waals surface area contributed by atoms with Crippen molar-refractivity contribution >= 4 is 11.6 Å². The predicted molar refractivity (Wildman–Crippen MR) is 100.0 cm³/mol. The molecule has 8 heteroatoms. The number of aromatic nitrogens is 2. The maximum absolute atomic E-state index is 12.5. The Morgan fingerprint density at radius 3 is 2.37 bits per heavy atom. The highest BCUT2D eigenvalue weighted by atomic mass is 16.5. The second kappa shape index (κ2) is 8.39. The van der Waals surface area contributed by atoms with Gasteiger partial charge in [-0.05, 0) is 12.8 Å². The van der Waals surface area contributed by atoms with E-state index in [1.54, 1.807) is 39.3 Å². The number of carbonyl (C=O) groups is 1. The highest BCUT2D eigenvalue weighted by Gasteiger charge is 2.38. The van der Waals surface area contributed by atoms with Gasteiger partial charge in [-0.3, -0.25) is 10.1 Å². The van der Waals surface area contributed by atoms with Crippen molar-refractivity contribution in [3.05, 3.63) is 29.9 Å². The van der Waals surface area contributed by atoms with Gasteiger partial charge in [-0.25, -0.2) is 0 Å². The summed E-state index contributed by atoms with van der Waals surface area (Å²) in [6.07, 6.45) is 5.07. The van der Waals surface area contributed by atoms with Crippen LogP contribution in [0.4, 0.5) is 5.69 Å². The molecule has 0 aliphatic heterocycles. The topological polar surface area (TPSA) is 98.5 Å². The fourth-order valence-corrected chi connectivity index (χ4v) is 3.46. The third-order valence-electron chi connectivity index (χ3n) is 4.89. The smallest absolute Gasteiger partial charge is 0.238 e. The van der Waals surface area contributed by atoms with Gasteiger partial charge >= 0.3 is 0 Å². The minimum atomic E-state index is -0.417. The fourth-order valence-electron chi connectivity index (χ4n) is 3.46. The Labute approximate surface area is 158 Å². The highest BCUT2D eigenvalue weighted by molar-refractivity contribution is 5.92. The maximum atomic E-state index is 12.5. The van der Waals surface area contributed by atoms with E-state index < -0.39 is 5.54 Å². The second-order valence-electron chi connectivity index (χ2n) is 6.78. The summed E-state index contributed by atoms with van der Waals surface area (Å²) in [5.41, 5.74) is 0.200. The van der Waals surface area contributed by atoms with Crippen molar-refractivity contribution in [1.82, 2.24) is 15.5 Å². The van der Waals surface area contributed by atoms with Crippen LogP contribution in [0.3, 0.4) is 0 Å². The Morgan fingerprint density at radius 2 is 1.81 bits per heavy atom. The molecule has 146 valence electrons. The van der Waals surface area contributed by atoms with E-state index in [4.69, 9.17) is 14.0 Å². The molecule has 1 aromatic carbocycles. The van der Waals surface area contributed by atoms with Gasteiger partial charge in [-0.1, -0.05) is 24.4 Å². The van der Waals surface area contributed by atoms with Gasteiger partial charge < -0.3 is 19.3 Å². The van der Waals surface area contributed by atoms with Gasteiger partial charge in [0.25, 0.3) is 0 Å². The first-order chi connectivity index (χ1) is 13.0. The number of benzene rings is 1. The summed E-state index contributed by atoms with van der Waals surface area (Å²) in [6.45, 7) is 1.92. The van der Waals surface area contributed by atoms with Gasteiger partial charge in [0.2, 0.25) is 11.8 Å². The third kappa shape index (κ3) is 4.57. The molecule has 1 saturated carbocycles. The molecule has 27 heavy (non-hydrogen) atoms. The van der Waals surface area contributed by atoms with Crippen LogP contribution in [0.5, 0.6) is 11.5 Å². The summed E-state index contributed by atoms with van der Waals surface area (Å²) >= 11 is 0. The van der Waals surface area contributed by atoms with Crippen molar-refractivity contribution in [3.8, 4) is 11.5 Å². The average molecular weight is 374 g/mol. The second-order valence-corrected chi connectivity index (χ2v) is 6.78. The molecule has 1 aliphatic carbocycles. The summed E-state index contributed by atoms with van der Waals surface area (Å²) in [7, 11) is 3.14. The number of anilines is 1. The van der Waals surface area contributed by atoms with Gasteiger partial charge in [0.15, 0.2) is 5.82 Å². The van der Waals surface area contributed by atoms with Crippen molar-refractivity contribution in [2.75, 3.05) is 26.1 Å². The number of nitrogens with one attached hydrogen (secondary N) is 2. The standard InChI is InChI=1S/C19H26N4O4/c1-13-21-18(23-27-13)19(7-5-4-6-8-19)20-12-17(24)22-14-9-15(25-2)11-16(10-14)26-3/h9-11,20H,4-8,12H2,1-3H3,(H,22,24). The molecule has 2 aromatic rings. The normalized spacial score (nSPS) is 16.0. The number of aryl methyl sites for hydroxylation is 1. The van der Waals surface area contributed by atoms with Gasteiger partial charge in [0.1, 0.15) is 11.5 Å². The predicted octanol–water partition coefficient (Wildman–Crippen LogP) is 2.78. The van der Waals surface area contributed by atoms with E-state index in [0.717, 1.165) is 25.7 Å². The van der Waals surface area contributed by atoms with Crippen LogP contribution in [0.2, 0.25) is 0 Å². The molecule has 3 rings (SSSR count). The molecule has 0 saturated heterocycles. The van der Waals surface area contributed by atoms with Crippen LogP contribution in [-0.2, 0) is 10.3 Å². The van der Waals surface area contributed by atoms with Crippen LogP contribution >= 0.6 is 0 Å². The lowest BCUT2D eigenvalue weighted by Gasteiger charge is -2.35. The van der Waals surface area contributed by atoms with Crippen LogP contribution in [0.15, 0.2) is 22.7 Å². The van der Waals surface area contributed by atoms with Crippen LogP contribution in [0.1, 0.15) is 43.8 Å². The third-order valence-corrected chi connectivity index (χ3v) is 4.89. The Kier molecular flexibility index (Phi) is 5.95. The molecule has 0 unspecified atom stereocenters. The molecular weight excluding hydrogens is 348 g/mol. The van der Waals surface area contributed by atoms with Gasteiger partial charge in [0.05, 0.1) is 26.3 Å². The first-order valence-corrected chi connectivity index (χ1v) is 9.13. The van der Waals surface area contributed by atoms with E-state index in [0.29, 0.717) is 28.9 Å². The molecule has 1 heterocycles. The van der Waals surface area contributed by atoms with E-state index in [2.05, 4.69) is 20.8 Å². The minimum absolute atomic E-state index is 0.146. The summed E-state index contributed by atoms with van der Waals surface area (Å²) in [6, 6.07) is 5.25. The zero-order valence-corrected chi connectivity index (χ0v) is 16.0. The van der Waals surface area contributed by atoms with Crippen molar-refractivity contribution in [1.29, 1.82) is 0 Å². The number of hydrogen-bond donors (Lipinski definition) is 2. The van der Waals surface area contributed by atoms with Crippen LogP contribution in [0.25, 0.3) is 0 Å². The van der Waals surface area contributed by atoms with Gasteiger partial charge in [0, 0.05) is 30.8 Å². The van der Waals surface area contributed by atoms with E-state index in [-0.39, 0.29) is 12.5 Å². The zero-order chi connectivity index (χ0) is 19.3. The lowest BCUT2D eigenvalue weighted by Crippen LogP contribution is -2.48. The molecule has 2 N–H and O–H groups in total. The first-order valence-electron chi connectivity index (χ1n) is 9.13. The van der Waals surface area contributed by atoms with Gasteiger partial charge in [-0.2, -0.15) is 4.98 Å². The number of methoxy groups -OCH3 is 2. The first kappa shape index (κ1) is 19.2. The molecule has 8 nitrogen and oxygen atoms in total. The molecule has 1 aliphatic rings. The Bertz CT molecular complexity index is 762. The number of hydrogen-bond acceptors (Lipinski definition) is 7. The SMILES string of the molecule is COc1cc(NC(=O)CNC2(c3noc(C)n3)CCCCC2)cc(OC)c1. The fraction of sp³-hybridized carbons (Fsp3) is 0.526. The van der Waals surface area contributed by atoms with Crippen molar-refractivity contribution in [3.63, 3.8) is 0 Å². The van der Waals surface area contributed by atoms with Crippen molar-refractivity contribution in [2.24, 2.45) is 0 Å². The van der Waals surface area contributed by atoms with E-state index in [1.807, 2.05) is 0 Å². The number of amides is 1. The Hall–Kier alpha value is -2.61. The largest absolute Gasteiger partial charge is 0.497 e. The highest BCUT2D eigenvalue weighted by Crippen LogP contribution is 2.35. The Morgan fingerprint density at radius 1 is 1.15 bits per heavy atom. The van der Waals surface area contributed by atoms with Crippen molar-refractivity contribution < 1.29 is 18.8 Å². The number of rotatable bonds is 7. The summed E-state index contributed by atoms with van der Waals surface area (Å²) in [5, 5.41) is 10.4. The lowest BCUT2D eigenvalue weighted by atomic mass is 9.81. The van der Waals surface area contributed by atoms with Crippen LogP contribution in [-0.4, -0.2) is 36.8 Å². The molecule has 0 spiro atoms. The Balaban J connectivity index is 1.68. The van der Waals surface area contributed by atoms with Crippen LogP contribution < -0.4 is 20.1 Å². The molecular formula is C19H26N4O4. The summed E-state index contributed by atoms with van der Waals surface area (Å²) in [5.74, 6) is 2.24. The molecule has 0 bridgehead atoms. The minimum Gasteiger partial charge on any atom is -0.497 e. The van der Waals surface area contributed by atoms with Crippen molar-refractivity contribution in [2.45, 2.75) is 44.6 Å². The molecule has 1 aromatic heterocycles. The lowest BCUT2D eigenvalue weighted by molar-refractivity contribution is -0.115. The molecule has 0 radical (unpaired) electrons.